The highest BCUT2D eigenvalue weighted by molar-refractivity contribution is 7.10. The summed E-state index contributed by atoms with van der Waals surface area (Å²) in [5.41, 5.74) is 0.00827. The Morgan fingerprint density at radius 1 is 1.43 bits per heavy atom. The maximum atomic E-state index is 13.5. The van der Waals surface area contributed by atoms with Gasteiger partial charge in [0, 0.05) is 16.5 Å². The highest BCUT2D eigenvalue weighted by Gasteiger charge is 2.16. The van der Waals surface area contributed by atoms with Gasteiger partial charge in [-0.15, -0.1) is 11.3 Å². The Bertz CT molecular complexity index is 607. The number of anilines is 1. The lowest BCUT2D eigenvalue weighted by Gasteiger charge is -2.17. The Morgan fingerprint density at radius 2 is 2.24 bits per heavy atom. The summed E-state index contributed by atoms with van der Waals surface area (Å²) in [6.45, 7) is -0.0611. The van der Waals surface area contributed by atoms with Gasteiger partial charge in [0.05, 0.1) is 11.7 Å². The summed E-state index contributed by atoms with van der Waals surface area (Å²) < 4.78 is 13.5. The predicted molar refractivity (Wildman–Crippen MR) is 82.3 cm³/mol. The number of hydrogen-bond donors (Lipinski definition) is 3. The fourth-order valence-corrected chi connectivity index (χ4v) is 2.80. The van der Waals surface area contributed by atoms with Gasteiger partial charge in [0.15, 0.2) is 0 Å². The minimum Gasteiger partial charge on any atom is -0.396 e. The first-order valence-corrected chi connectivity index (χ1v) is 7.52. The third-order valence-electron chi connectivity index (χ3n) is 2.79. The molecule has 2 amide bonds. The largest absolute Gasteiger partial charge is 0.396 e. The van der Waals surface area contributed by atoms with Crippen LogP contribution in [0.2, 0.25) is 5.02 Å². The topological polar surface area (TPSA) is 61.4 Å². The number of halogens is 2. The summed E-state index contributed by atoms with van der Waals surface area (Å²) in [6, 6.07) is 6.78. The molecule has 0 aliphatic heterocycles. The van der Waals surface area contributed by atoms with Crippen LogP contribution in [0.5, 0.6) is 0 Å². The van der Waals surface area contributed by atoms with Crippen LogP contribution in [-0.4, -0.2) is 17.7 Å². The Balaban J connectivity index is 2.04. The molecule has 0 fully saturated rings. The molecule has 1 atom stereocenters. The van der Waals surface area contributed by atoms with Crippen LogP contribution < -0.4 is 10.6 Å². The van der Waals surface area contributed by atoms with Crippen LogP contribution in [0.25, 0.3) is 0 Å². The first-order chi connectivity index (χ1) is 10.1. The number of rotatable bonds is 5. The van der Waals surface area contributed by atoms with Crippen molar-refractivity contribution < 1.29 is 14.3 Å². The number of hydrogen-bond acceptors (Lipinski definition) is 3. The van der Waals surface area contributed by atoms with Gasteiger partial charge in [-0.3, -0.25) is 0 Å². The second-order valence-corrected chi connectivity index (χ2v) is 5.72. The van der Waals surface area contributed by atoms with Gasteiger partial charge in [-0.2, -0.15) is 0 Å². The van der Waals surface area contributed by atoms with E-state index in [1.165, 1.54) is 29.5 Å². The molecule has 0 radical (unpaired) electrons. The van der Waals surface area contributed by atoms with Crippen molar-refractivity contribution >= 4 is 34.7 Å². The van der Waals surface area contributed by atoms with Crippen LogP contribution in [0.1, 0.15) is 17.3 Å². The quantitative estimate of drug-likeness (QED) is 0.782. The van der Waals surface area contributed by atoms with Crippen molar-refractivity contribution in [2.24, 2.45) is 0 Å². The van der Waals surface area contributed by atoms with Crippen molar-refractivity contribution in [1.82, 2.24) is 5.32 Å². The zero-order valence-electron chi connectivity index (χ0n) is 11.0. The van der Waals surface area contributed by atoms with Crippen molar-refractivity contribution in [3.8, 4) is 0 Å². The third kappa shape index (κ3) is 4.42. The van der Waals surface area contributed by atoms with Gasteiger partial charge < -0.3 is 15.7 Å². The number of aliphatic hydroxyl groups excluding tert-OH is 1. The lowest BCUT2D eigenvalue weighted by Crippen LogP contribution is -2.33. The molecular weight excluding hydrogens is 315 g/mol. The lowest BCUT2D eigenvalue weighted by atomic mass is 10.2. The maximum absolute atomic E-state index is 13.5. The van der Waals surface area contributed by atoms with Gasteiger partial charge in [-0.05, 0) is 36.1 Å². The summed E-state index contributed by atoms with van der Waals surface area (Å²) >= 11 is 7.24. The highest BCUT2D eigenvalue weighted by Crippen LogP contribution is 2.23. The number of carbonyl (C=O) groups excluding carboxylic acids is 1. The zero-order valence-corrected chi connectivity index (χ0v) is 12.5. The summed E-state index contributed by atoms with van der Waals surface area (Å²) in [4.78, 5) is 12.9. The van der Waals surface area contributed by atoms with Gasteiger partial charge in [0.1, 0.15) is 5.82 Å². The zero-order chi connectivity index (χ0) is 15.2. The highest BCUT2D eigenvalue weighted by atomic mass is 35.5. The smallest absolute Gasteiger partial charge is 0.319 e. The Kier molecular flexibility index (Phi) is 5.55. The van der Waals surface area contributed by atoms with E-state index in [0.717, 1.165) is 4.88 Å². The summed E-state index contributed by atoms with van der Waals surface area (Å²) in [5, 5.41) is 16.4. The molecule has 1 heterocycles. The number of amides is 2. The normalized spacial score (nSPS) is 12.0. The predicted octanol–water partition coefficient (Wildman–Crippen LogP) is 3.79. The molecule has 112 valence electrons. The Morgan fingerprint density at radius 3 is 2.90 bits per heavy atom. The van der Waals surface area contributed by atoms with E-state index in [1.54, 1.807) is 0 Å². The molecule has 0 spiro atoms. The SMILES string of the molecule is O=C(Nc1cc(Cl)ccc1F)NC(CCO)c1cccs1. The molecule has 0 aliphatic rings. The van der Waals surface area contributed by atoms with Gasteiger partial charge in [-0.1, -0.05) is 17.7 Å². The fraction of sp³-hybridized carbons (Fsp3) is 0.214. The van der Waals surface area contributed by atoms with Gasteiger partial charge in [0.2, 0.25) is 0 Å². The van der Waals surface area contributed by atoms with Gasteiger partial charge >= 0.3 is 6.03 Å². The molecule has 0 saturated heterocycles. The molecule has 21 heavy (non-hydrogen) atoms. The molecule has 2 rings (SSSR count). The molecule has 1 aromatic heterocycles. The molecule has 7 heteroatoms. The number of benzene rings is 1. The molecule has 1 aromatic carbocycles. The van der Waals surface area contributed by atoms with E-state index >= 15 is 0 Å². The molecule has 2 aromatic rings. The summed E-state index contributed by atoms with van der Waals surface area (Å²) in [5.74, 6) is -0.565. The van der Waals surface area contributed by atoms with E-state index < -0.39 is 11.8 Å². The number of nitrogens with one attached hydrogen (secondary N) is 2. The summed E-state index contributed by atoms with van der Waals surface area (Å²) in [6.07, 6.45) is 0.381. The standard InChI is InChI=1S/C14H14ClFN2O2S/c15-9-3-4-10(16)12(8-9)18-14(20)17-11(5-6-19)13-2-1-7-21-13/h1-4,7-8,11,19H,5-6H2,(H2,17,18,20). The van der Waals surface area contributed by atoms with E-state index in [2.05, 4.69) is 10.6 Å². The third-order valence-corrected chi connectivity index (χ3v) is 4.01. The molecule has 0 aliphatic carbocycles. The maximum Gasteiger partial charge on any atom is 0.319 e. The minimum absolute atomic E-state index is 0.00827. The van der Waals surface area contributed by atoms with Crippen molar-refractivity contribution in [1.29, 1.82) is 0 Å². The van der Waals surface area contributed by atoms with Crippen molar-refractivity contribution in [3.63, 3.8) is 0 Å². The van der Waals surface area contributed by atoms with E-state index in [0.29, 0.717) is 11.4 Å². The first-order valence-electron chi connectivity index (χ1n) is 6.27. The molecular formula is C14H14ClFN2O2S. The van der Waals surface area contributed by atoms with E-state index in [-0.39, 0.29) is 18.3 Å². The van der Waals surface area contributed by atoms with Gasteiger partial charge in [-0.25, -0.2) is 9.18 Å². The van der Waals surface area contributed by atoms with E-state index in [1.807, 2.05) is 17.5 Å². The van der Waals surface area contributed by atoms with Crippen LogP contribution in [-0.2, 0) is 0 Å². The van der Waals surface area contributed by atoms with E-state index in [9.17, 15) is 9.18 Å². The second kappa shape index (κ2) is 7.40. The fourth-order valence-electron chi connectivity index (χ4n) is 1.81. The van der Waals surface area contributed by atoms with Crippen molar-refractivity contribution in [2.45, 2.75) is 12.5 Å². The Hall–Kier alpha value is -1.63. The molecule has 0 bridgehead atoms. The Labute approximate surface area is 130 Å². The molecule has 1 unspecified atom stereocenters. The monoisotopic (exact) mass is 328 g/mol. The second-order valence-electron chi connectivity index (χ2n) is 4.30. The van der Waals surface area contributed by atoms with Crippen LogP contribution in [0.4, 0.5) is 14.9 Å². The number of aliphatic hydroxyl groups is 1. The summed E-state index contributed by atoms with van der Waals surface area (Å²) in [7, 11) is 0. The lowest BCUT2D eigenvalue weighted by molar-refractivity contribution is 0.239. The molecule has 3 N–H and O–H groups in total. The average Bonchev–Trinajstić information content (AvgIpc) is 2.96. The number of thiophene rings is 1. The first kappa shape index (κ1) is 15.8. The van der Waals surface area contributed by atoms with Crippen LogP contribution in [0.3, 0.4) is 0 Å². The van der Waals surface area contributed by atoms with Gasteiger partial charge in [0.25, 0.3) is 0 Å². The number of urea groups is 1. The molecule has 0 saturated carbocycles. The molecule has 4 nitrogen and oxygen atoms in total. The average molecular weight is 329 g/mol. The van der Waals surface area contributed by atoms with Crippen LogP contribution in [0.15, 0.2) is 35.7 Å². The van der Waals surface area contributed by atoms with E-state index in [4.69, 9.17) is 16.7 Å². The van der Waals surface area contributed by atoms with Crippen molar-refractivity contribution in [2.75, 3.05) is 11.9 Å². The number of carbonyl (C=O) groups is 1. The van der Waals surface area contributed by atoms with Crippen LogP contribution >= 0.6 is 22.9 Å². The van der Waals surface area contributed by atoms with Crippen LogP contribution in [0, 0.1) is 5.82 Å². The minimum atomic E-state index is -0.565. The van der Waals surface area contributed by atoms with Crippen molar-refractivity contribution in [3.05, 3.63) is 51.4 Å².